The third-order valence-corrected chi connectivity index (χ3v) is 10.5. The van der Waals surface area contributed by atoms with Crippen LogP contribution in [0.25, 0.3) is 0 Å². The Labute approximate surface area is 291 Å². The lowest BCUT2D eigenvalue weighted by Gasteiger charge is -2.29. The minimum Gasteiger partial charge on any atom is -0.329 e. The summed E-state index contributed by atoms with van der Waals surface area (Å²) in [7, 11) is 1.26. The maximum atomic E-state index is 13.4. The fourth-order valence-corrected chi connectivity index (χ4v) is 7.06. The van der Waals surface area contributed by atoms with E-state index in [0.717, 1.165) is 38.5 Å². The Morgan fingerprint density at radius 2 is 0.830 bits per heavy atom. The zero-order valence-corrected chi connectivity index (χ0v) is 33.0. The third-order valence-electron chi connectivity index (χ3n) is 9.39. The van der Waals surface area contributed by atoms with Crippen LogP contribution < -0.4 is 0 Å². The van der Waals surface area contributed by atoms with Gasteiger partial charge < -0.3 is 9.38 Å². The molecule has 0 heterocycles. The highest BCUT2D eigenvalue weighted by atomic mass is 31.2. The van der Waals surface area contributed by atoms with Gasteiger partial charge in [-0.05, 0) is 19.8 Å². The number of likely N-dealkylation sites (N-methyl/N-ethyl adjacent to an activating group) is 1. The topological polar surface area (TPSA) is 89.9 Å². The minimum absolute atomic E-state index is 0.00650. The molecule has 1 unspecified atom stereocenters. The quantitative estimate of drug-likeness (QED) is 0.0305. The summed E-state index contributed by atoms with van der Waals surface area (Å²) >= 11 is 0. The predicted molar refractivity (Wildman–Crippen MR) is 199 cm³/mol. The fourth-order valence-electron chi connectivity index (χ4n) is 6.03. The first-order valence-corrected chi connectivity index (χ1v) is 21.4. The standard InChI is InChI=1S/C39H78NO6P/c1-7-9-11-13-15-17-19-21-23-25-27-29-31-33-37(41)39(3,46-47(43,44)45-36-35-40(4,5)6)38(42)34-32-30-28-26-24-22-20-18-16-14-12-10-8-2/h7-36H2,1-6H3/p+1. The number of carbonyl (C=O) groups excluding carboxylic acids is 2. The summed E-state index contributed by atoms with van der Waals surface area (Å²) in [5.74, 6) is -0.825. The number of carbonyl (C=O) groups is 2. The molecule has 0 bridgehead atoms. The van der Waals surface area contributed by atoms with Crippen molar-refractivity contribution in [2.24, 2.45) is 0 Å². The summed E-state index contributed by atoms with van der Waals surface area (Å²) in [6.07, 6.45) is 31.6. The van der Waals surface area contributed by atoms with Gasteiger partial charge in [0.1, 0.15) is 13.2 Å². The summed E-state index contributed by atoms with van der Waals surface area (Å²) in [6.45, 7) is 6.37. The zero-order chi connectivity index (χ0) is 35.3. The number of phosphoric acid groups is 1. The van der Waals surface area contributed by atoms with Crippen molar-refractivity contribution in [2.75, 3.05) is 34.3 Å². The van der Waals surface area contributed by atoms with Gasteiger partial charge in [0.25, 0.3) is 0 Å². The number of hydrogen-bond donors (Lipinski definition) is 1. The van der Waals surface area contributed by atoms with Crippen molar-refractivity contribution >= 4 is 19.4 Å². The smallest absolute Gasteiger partial charge is 0.329 e. The van der Waals surface area contributed by atoms with Crippen LogP contribution in [-0.4, -0.2) is 60.8 Å². The molecule has 0 aromatic rings. The van der Waals surface area contributed by atoms with Crippen LogP contribution in [0.5, 0.6) is 0 Å². The van der Waals surface area contributed by atoms with E-state index in [0.29, 0.717) is 23.9 Å². The van der Waals surface area contributed by atoms with Crippen molar-refractivity contribution in [2.45, 2.75) is 206 Å². The molecule has 280 valence electrons. The number of unbranched alkanes of at least 4 members (excludes halogenated alkanes) is 24. The van der Waals surface area contributed by atoms with Gasteiger partial charge in [-0.2, -0.15) is 0 Å². The van der Waals surface area contributed by atoms with E-state index < -0.39 is 25.0 Å². The molecule has 1 atom stereocenters. The van der Waals surface area contributed by atoms with Crippen molar-refractivity contribution in [1.82, 2.24) is 0 Å². The van der Waals surface area contributed by atoms with Crippen LogP contribution in [0.3, 0.4) is 0 Å². The van der Waals surface area contributed by atoms with E-state index in [9.17, 15) is 19.0 Å². The molecule has 0 rings (SSSR count). The summed E-state index contributed by atoms with van der Waals surface area (Å²) in [4.78, 5) is 37.3. The van der Waals surface area contributed by atoms with Crippen LogP contribution in [0.2, 0.25) is 0 Å². The van der Waals surface area contributed by atoms with E-state index in [1.54, 1.807) is 0 Å². The molecule has 0 fully saturated rings. The van der Waals surface area contributed by atoms with Crippen LogP contribution in [0.4, 0.5) is 0 Å². The number of Topliss-reactive ketones (excluding diaryl/α,β-unsaturated/α-hetero) is 2. The number of ketones is 2. The van der Waals surface area contributed by atoms with E-state index >= 15 is 0 Å². The SMILES string of the molecule is CCCCCCCCCCCCCCCC(=O)C(C)(OP(=O)(O)OCC[N+](C)(C)C)C(=O)CCCCCCCCCCCCCCC. The van der Waals surface area contributed by atoms with Crippen LogP contribution >= 0.6 is 7.82 Å². The molecule has 7 nitrogen and oxygen atoms in total. The maximum Gasteiger partial charge on any atom is 0.473 e. The molecule has 0 radical (unpaired) electrons. The Bertz CT molecular complexity index is 770. The van der Waals surface area contributed by atoms with Gasteiger partial charge >= 0.3 is 7.82 Å². The Balaban J connectivity index is 4.62. The molecule has 0 spiro atoms. The number of phosphoric ester groups is 1. The van der Waals surface area contributed by atoms with Crippen LogP contribution in [0.1, 0.15) is 201 Å². The summed E-state index contributed by atoms with van der Waals surface area (Å²) in [5.41, 5.74) is -1.96. The monoisotopic (exact) mass is 689 g/mol. The molecule has 1 N–H and O–H groups in total. The van der Waals surface area contributed by atoms with E-state index in [4.69, 9.17) is 9.05 Å². The van der Waals surface area contributed by atoms with Crippen molar-refractivity contribution in [3.05, 3.63) is 0 Å². The normalized spacial score (nSPS) is 13.6. The average molecular weight is 689 g/mol. The molecule has 0 aliphatic rings. The lowest BCUT2D eigenvalue weighted by Crippen LogP contribution is -2.46. The van der Waals surface area contributed by atoms with Gasteiger partial charge in [0.05, 0.1) is 21.1 Å². The lowest BCUT2D eigenvalue weighted by molar-refractivity contribution is -0.870. The molecule has 0 aromatic carbocycles. The van der Waals surface area contributed by atoms with Gasteiger partial charge in [-0.3, -0.25) is 18.6 Å². The lowest BCUT2D eigenvalue weighted by atomic mass is 9.89. The van der Waals surface area contributed by atoms with Gasteiger partial charge in [-0.15, -0.1) is 0 Å². The van der Waals surface area contributed by atoms with Crippen molar-refractivity contribution in [1.29, 1.82) is 0 Å². The number of rotatable bonds is 36. The minimum atomic E-state index is -4.60. The number of quaternary nitrogens is 1. The van der Waals surface area contributed by atoms with Gasteiger partial charge in [-0.25, -0.2) is 4.57 Å². The van der Waals surface area contributed by atoms with Crippen molar-refractivity contribution in [3.8, 4) is 0 Å². The Morgan fingerprint density at radius 3 is 1.11 bits per heavy atom. The van der Waals surface area contributed by atoms with E-state index in [2.05, 4.69) is 13.8 Å². The second-order valence-electron chi connectivity index (χ2n) is 15.3. The first kappa shape index (κ1) is 46.4. The van der Waals surface area contributed by atoms with E-state index in [1.807, 2.05) is 21.1 Å². The van der Waals surface area contributed by atoms with Crippen molar-refractivity contribution in [3.63, 3.8) is 0 Å². The van der Waals surface area contributed by atoms with Crippen molar-refractivity contribution < 1.29 is 32.6 Å². The first-order chi connectivity index (χ1) is 22.4. The highest BCUT2D eigenvalue weighted by Gasteiger charge is 2.46. The van der Waals surface area contributed by atoms with Gasteiger partial charge in [0.2, 0.25) is 0 Å². The molecule has 0 saturated heterocycles. The molecule has 0 aliphatic carbocycles. The molecule has 0 saturated carbocycles. The predicted octanol–water partition coefficient (Wildman–Crippen LogP) is 11.7. The molecule has 8 heteroatoms. The zero-order valence-electron chi connectivity index (χ0n) is 32.1. The molecule has 0 aliphatic heterocycles. The highest BCUT2D eigenvalue weighted by Crippen LogP contribution is 2.48. The van der Waals surface area contributed by atoms with Gasteiger partial charge in [0, 0.05) is 12.8 Å². The first-order valence-electron chi connectivity index (χ1n) is 19.9. The number of hydrogen-bond acceptors (Lipinski definition) is 5. The summed E-state index contributed by atoms with van der Waals surface area (Å²) in [6, 6.07) is 0. The summed E-state index contributed by atoms with van der Waals surface area (Å²) < 4.78 is 24.1. The van der Waals surface area contributed by atoms with Crippen LogP contribution in [0, 0.1) is 0 Å². The largest absolute Gasteiger partial charge is 0.473 e. The molecule has 47 heavy (non-hydrogen) atoms. The second kappa shape index (κ2) is 29.2. The molecular formula is C39H79NO6P+. The Hall–Kier alpha value is -0.590. The molecular weight excluding hydrogens is 609 g/mol. The maximum absolute atomic E-state index is 13.4. The van der Waals surface area contributed by atoms with Gasteiger partial charge in [-0.1, -0.05) is 168 Å². The Kier molecular flexibility index (Phi) is 28.8. The van der Waals surface area contributed by atoms with Crippen LogP contribution in [-0.2, 0) is 23.2 Å². The Morgan fingerprint density at radius 1 is 0.553 bits per heavy atom. The third kappa shape index (κ3) is 27.9. The van der Waals surface area contributed by atoms with Gasteiger partial charge in [0.15, 0.2) is 17.2 Å². The summed E-state index contributed by atoms with van der Waals surface area (Å²) in [5, 5.41) is 0. The van der Waals surface area contributed by atoms with E-state index in [1.165, 1.54) is 122 Å². The fraction of sp³-hybridized carbons (Fsp3) is 0.949. The average Bonchev–Trinajstić information content (AvgIpc) is 3.00. The van der Waals surface area contributed by atoms with E-state index in [-0.39, 0.29) is 19.4 Å². The highest BCUT2D eigenvalue weighted by molar-refractivity contribution is 7.47. The van der Waals surface area contributed by atoms with Crippen LogP contribution in [0.15, 0.2) is 0 Å². The molecule has 0 amide bonds. The number of nitrogens with zero attached hydrogens (tertiary/aromatic N) is 1. The second-order valence-corrected chi connectivity index (χ2v) is 16.6. The molecule has 0 aromatic heterocycles.